The molecule has 3 heterocycles. The van der Waals surface area contributed by atoms with E-state index in [-0.39, 0.29) is 0 Å². The Morgan fingerprint density at radius 2 is 2.10 bits per heavy atom. The van der Waals surface area contributed by atoms with Gasteiger partial charge in [-0.3, -0.25) is 0 Å². The molecule has 1 amide bonds. The average Bonchev–Trinajstić information content (AvgIpc) is 3.00. The summed E-state index contributed by atoms with van der Waals surface area (Å²) in [6.07, 6.45) is 3.22. The number of hydrogen-bond acceptors (Lipinski definition) is 5. The van der Waals surface area contributed by atoms with Gasteiger partial charge in [-0.25, -0.2) is 14.3 Å². The fourth-order valence-corrected chi connectivity index (χ4v) is 3.35. The molecule has 0 atom stereocenters. The minimum atomic E-state index is -0.511. The van der Waals surface area contributed by atoms with Gasteiger partial charge in [-0.1, -0.05) is 12.1 Å². The number of ether oxygens (including phenoxy) is 2. The summed E-state index contributed by atoms with van der Waals surface area (Å²) >= 11 is 0. The maximum absolute atomic E-state index is 11.9. The lowest BCUT2D eigenvalue weighted by Gasteiger charge is -2.24. The van der Waals surface area contributed by atoms with Crippen molar-refractivity contribution in [2.24, 2.45) is 0 Å². The number of nitrogens with one attached hydrogen (secondary N) is 1. The van der Waals surface area contributed by atoms with Gasteiger partial charge in [0.15, 0.2) is 0 Å². The van der Waals surface area contributed by atoms with E-state index in [4.69, 9.17) is 9.47 Å². The van der Waals surface area contributed by atoms with Gasteiger partial charge in [-0.05, 0) is 56.5 Å². The molecule has 1 aromatic carbocycles. The first-order chi connectivity index (χ1) is 13.8. The van der Waals surface area contributed by atoms with E-state index in [0.29, 0.717) is 12.5 Å². The molecule has 2 aromatic heterocycles. The molecule has 1 N–H and O–H groups in total. The summed E-state index contributed by atoms with van der Waals surface area (Å²) in [6, 6.07) is 8.29. The fourth-order valence-electron chi connectivity index (χ4n) is 3.35. The molecule has 0 aliphatic carbocycles. The number of hydrogen-bond donors (Lipinski definition) is 1. The van der Waals surface area contributed by atoms with Gasteiger partial charge >= 0.3 is 6.09 Å². The van der Waals surface area contributed by atoms with Crippen molar-refractivity contribution in [2.45, 2.75) is 45.8 Å². The lowest BCUT2D eigenvalue weighted by Crippen LogP contribution is -2.32. The van der Waals surface area contributed by atoms with Crippen LogP contribution in [0.25, 0.3) is 16.8 Å². The van der Waals surface area contributed by atoms with E-state index in [2.05, 4.69) is 33.7 Å². The largest absolute Gasteiger partial charge is 0.444 e. The molecule has 152 valence electrons. The van der Waals surface area contributed by atoms with Crippen LogP contribution in [0.3, 0.4) is 0 Å². The Labute approximate surface area is 170 Å². The standard InChI is InChI=1S/C22H26N4O3/c1-14-7-15(5-6-16(14)9-23-21(27)29-22(2,3)4)20-19-8-17(18-11-28-12-18)10-26(19)25-13-24-20/h5-8,10,13,18H,9,11-12H2,1-4H3,(H,23,27). The minimum absolute atomic E-state index is 0.414. The molecule has 0 saturated carbocycles. The smallest absolute Gasteiger partial charge is 0.407 e. The Hall–Kier alpha value is -2.93. The first-order valence-electron chi connectivity index (χ1n) is 9.78. The predicted molar refractivity (Wildman–Crippen MR) is 110 cm³/mol. The SMILES string of the molecule is Cc1cc(-c2ncnn3cc(C4COC4)cc23)ccc1CNC(=O)OC(C)(C)C. The van der Waals surface area contributed by atoms with Crippen LogP contribution in [0.15, 0.2) is 36.8 Å². The van der Waals surface area contributed by atoms with Crippen LogP contribution >= 0.6 is 0 Å². The van der Waals surface area contributed by atoms with Gasteiger partial charge < -0.3 is 14.8 Å². The molecular formula is C22H26N4O3. The third-order valence-electron chi connectivity index (χ3n) is 4.97. The van der Waals surface area contributed by atoms with Crippen LogP contribution < -0.4 is 5.32 Å². The molecule has 0 bridgehead atoms. The molecule has 1 fully saturated rings. The van der Waals surface area contributed by atoms with Crippen molar-refractivity contribution in [3.8, 4) is 11.3 Å². The van der Waals surface area contributed by atoms with Crippen LogP contribution in [0.4, 0.5) is 4.79 Å². The topological polar surface area (TPSA) is 77.8 Å². The first kappa shape index (κ1) is 19.4. The van der Waals surface area contributed by atoms with Gasteiger partial charge in [0, 0.05) is 24.2 Å². The van der Waals surface area contributed by atoms with Crippen LogP contribution in [-0.2, 0) is 16.0 Å². The molecule has 1 aliphatic heterocycles. The second-order valence-corrected chi connectivity index (χ2v) is 8.44. The summed E-state index contributed by atoms with van der Waals surface area (Å²) in [6.45, 7) is 9.51. The number of aromatic nitrogens is 3. The zero-order valence-electron chi connectivity index (χ0n) is 17.2. The van der Waals surface area contributed by atoms with Crippen molar-refractivity contribution >= 4 is 11.6 Å². The van der Waals surface area contributed by atoms with Crippen molar-refractivity contribution in [2.75, 3.05) is 13.2 Å². The zero-order chi connectivity index (χ0) is 20.6. The first-order valence-corrected chi connectivity index (χ1v) is 9.78. The Bertz CT molecular complexity index is 1050. The van der Waals surface area contributed by atoms with E-state index >= 15 is 0 Å². The summed E-state index contributed by atoms with van der Waals surface area (Å²) in [5, 5.41) is 7.16. The summed E-state index contributed by atoms with van der Waals surface area (Å²) < 4.78 is 12.5. The van der Waals surface area contributed by atoms with Crippen LogP contribution in [0.1, 0.15) is 43.4 Å². The van der Waals surface area contributed by atoms with Crippen LogP contribution in [0, 0.1) is 6.92 Å². The van der Waals surface area contributed by atoms with Crippen LogP contribution in [0.2, 0.25) is 0 Å². The highest BCUT2D eigenvalue weighted by molar-refractivity contribution is 5.78. The van der Waals surface area contributed by atoms with E-state index in [1.165, 1.54) is 5.56 Å². The average molecular weight is 394 g/mol. The van der Waals surface area contributed by atoms with E-state index in [1.54, 1.807) is 6.33 Å². The molecule has 1 aliphatic rings. The van der Waals surface area contributed by atoms with Gasteiger partial charge in [0.2, 0.25) is 0 Å². The minimum Gasteiger partial charge on any atom is -0.444 e. The molecule has 0 spiro atoms. The summed E-state index contributed by atoms with van der Waals surface area (Å²) in [5.41, 5.74) is 5.72. The maximum Gasteiger partial charge on any atom is 0.407 e. The third-order valence-corrected chi connectivity index (χ3v) is 4.97. The number of carbonyl (C=O) groups is 1. The zero-order valence-corrected chi connectivity index (χ0v) is 17.2. The molecular weight excluding hydrogens is 368 g/mol. The highest BCUT2D eigenvalue weighted by atomic mass is 16.6. The Kier molecular flexibility index (Phi) is 5.00. The van der Waals surface area contributed by atoms with Crippen LogP contribution in [-0.4, -0.2) is 39.5 Å². The molecule has 7 heteroatoms. The van der Waals surface area contributed by atoms with Crippen molar-refractivity contribution in [1.82, 2.24) is 19.9 Å². The number of carbonyl (C=O) groups excluding carboxylic acids is 1. The Balaban J connectivity index is 1.55. The number of rotatable bonds is 4. The Morgan fingerprint density at radius 1 is 1.31 bits per heavy atom. The lowest BCUT2D eigenvalue weighted by atomic mass is 10.00. The molecule has 3 aromatic rings. The molecule has 29 heavy (non-hydrogen) atoms. The van der Waals surface area contributed by atoms with Gasteiger partial charge in [0.05, 0.1) is 24.4 Å². The van der Waals surface area contributed by atoms with Crippen molar-refractivity contribution in [3.05, 3.63) is 53.5 Å². The fraction of sp³-hybridized carbons (Fsp3) is 0.409. The normalized spacial score (nSPS) is 14.6. The van der Waals surface area contributed by atoms with Crippen molar-refractivity contribution < 1.29 is 14.3 Å². The highest BCUT2D eigenvalue weighted by Gasteiger charge is 2.23. The highest BCUT2D eigenvalue weighted by Crippen LogP contribution is 2.30. The second kappa shape index (κ2) is 7.48. The van der Waals surface area contributed by atoms with Crippen LogP contribution in [0.5, 0.6) is 0 Å². The molecule has 0 radical (unpaired) electrons. The third kappa shape index (κ3) is 4.24. The van der Waals surface area contributed by atoms with E-state index < -0.39 is 11.7 Å². The van der Waals surface area contributed by atoms with E-state index in [0.717, 1.165) is 41.1 Å². The molecule has 4 rings (SSSR count). The quantitative estimate of drug-likeness (QED) is 0.727. The van der Waals surface area contributed by atoms with Gasteiger partial charge in [0.25, 0.3) is 0 Å². The maximum atomic E-state index is 11.9. The van der Waals surface area contributed by atoms with Gasteiger partial charge in [0.1, 0.15) is 11.9 Å². The number of aryl methyl sites for hydroxylation is 1. The predicted octanol–water partition coefficient (Wildman–Crippen LogP) is 3.84. The number of amides is 1. The lowest BCUT2D eigenvalue weighted by molar-refractivity contribution is 0.00845. The van der Waals surface area contributed by atoms with Crippen molar-refractivity contribution in [1.29, 1.82) is 0 Å². The molecule has 7 nitrogen and oxygen atoms in total. The number of benzene rings is 1. The van der Waals surface area contributed by atoms with Gasteiger partial charge in [-0.15, -0.1) is 0 Å². The number of alkyl carbamates (subject to hydrolysis) is 1. The summed E-state index contributed by atoms with van der Waals surface area (Å²) in [5.74, 6) is 0.438. The Morgan fingerprint density at radius 3 is 2.76 bits per heavy atom. The second-order valence-electron chi connectivity index (χ2n) is 8.44. The van der Waals surface area contributed by atoms with E-state index in [9.17, 15) is 4.79 Å². The number of nitrogens with zero attached hydrogens (tertiary/aromatic N) is 3. The molecule has 0 unspecified atom stereocenters. The molecule has 1 saturated heterocycles. The summed E-state index contributed by atoms with van der Waals surface area (Å²) in [7, 11) is 0. The van der Waals surface area contributed by atoms with E-state index in [1.807, 2.05) is 44.3 Å². The number of fused-ring (bicyclic) bond motifs is 1. The summed E-state index contributed by atoms with van der Waals surface area (Å²) in [4.78, 5) is 16.4. The monoisotopic (exact) mass is 394 g/mol. The van der Waals surface area contributed by atoms with Crippen molar-refractivity contribution in [3.63, 3.8) is 0 Å². The van der Waals surface area contributed by atoms with Gasteiger partial charge in [-0.2, -0.15) is 5.10 Å².